The first-order valence-electron chi connectivity index (χ1n) is 12.5. The Hall–Kier alpha value is -3.14. The van der Waals surface area contributed by atoms with Crippen molar-refractivity contribution in [2.24, 2.45) is 11.8 Å². The molecule has 0 saturated heterocycles. The highest BCUT2D eigenvalue weighted by Gasteiger charge is 2.43. The number of pyridine rings is 1. The van der Waals surface area contributed by atoms with Gasteiger partial charge in [0.1, 0.15) is 17.7 Å². The molecular formula is C27H32F2N2O5Si. The van der Waals surface area contributed by atoms with Gasteiger partial charge in [-0.1, -0.05) is 19.6 Å². The molecule has 1 unspecified atom stereocenters. The highest BCUT2D eigenvalue weighted by atomic mass is 28.3. The number of nitrogens with zero attached hydrogens (tertiary/aromatic N) is 2. The van der Waals surface area contributed by atoms with Crippen LogP contribution in [0.5, 0.6) is 5.88 Å². The minimum absolute atomic E-state index is 0.0171. The van der Waals surface area contributed by atoms with Crippen molar-refractivity contribution in [2.45, 2.75) is 57.8 Å². The maximum atomic E-state index is 14.9. The first kappa shape index (κ1) is 26.9. The molecule has 0 spiro atoms. The summed E-state index contributed by atoms with van der Waals surface area (Å²) in [5, 5.41) is 9.12. The molecule has 1 saturated carbocycles. The van der Waals surface area contributed by atoms with Crippen molar-refractivity contribution in [3.05, 3.63) is 52.7 Å². The third-order valence-corrected chi connectivity index (χ3v) is 9.23. The highest BCUT2D eigenvalue weighted by molar-refractivity contribution is 6.88. The monoisotopic (exact) mass is 530 g/mol. The number of carboxylic acid groups (broad SMARTS) is 1. The average Bonchev–Trinajstić information content (AvgIpc) is 2.77. The number of amides is 1. The molecule has 7 nitrogen and oxygen atoms in total. The van der Waals surface area contributed by atoms with Gasteiger partial charge in [-0.2, -0.15) is 0 Å². The minimum atomic E-state index is -2.27. The van der Waals surface area contributed by atoms with Gasteiger partial charge in [0, 0.05) is 48.5 Å². The number of benzene rings is 1. The molecule has 0 bridgehead atoms. The van der Waals surface area contributed by atoms with Crippen LogP contribution in [-0.2, 0) is 27.2 Å². The van der Waals surface area contributed by atoms with E-state index in [1.165, 1.54) is 24.1 Å². The Bertz CT molecular complexity index is 1220. The summed E-state index contributed by atoms with van der Waals surface area (Å²) in [7, 11) is -0.778. The summed E-state index contributed by atoms with van der Waals surface area (Å²) in [4.78, 5) is 44.1. The fraction of sp³-hybridized carbons (Fsp3) is 0.481. The lowest BCUT2D eigenvalue weighted by Gasteiger charge is -2.42. The largest absolute Gasteiger partial charge is 0.481 e. The van der Waals surface area contributed by atoms with E-state index in [4.69, 9.17) is 9.84 Å². The lowest BCUT2D eigenvalue weighted by molar-refractivity contribution is -0.149. The van der Waals surface area contributed by atoms with Crippen LogP contribution >= 0.6 is 0 Å². The Kier molecular flexibility index (Phi) is 7.50. The van der Waals surface area contributed by atoms with Gasteiger partial charge in [-0.15, -0.1) is 0 Å². The first-order valence-corrected chi connectivity index (χ1v) is 16.0. The Morgan fingerprint density at radius 1 is 1.14 bits per heavy atom. The van der Waals surface area contributed by atoms with Gasteiger partial charge in [0.15, 0.2) is 5.78 Å². The van der Waals surface area contributed by atoms with Crippen molar-refractivity contribution in [2.75, 3.05) is 13.7 Å². The Labute approximate surface area is 215 Å². The van der Waals surface area contributed by atoms with Gasteiger partial charge in [0.05, 0.1) is 20.9 Å². The van der Waals surface area contributed by atoms with Gasteiger partial charge in [-0.05, 0) is 42.5 Å². The average molecular weight is 531 g/mol. The van der Waals surface area contributed by atoms with Crippen LogP contribution in [0.25, 0.3) is 0 Å². The number of carbonyl (C=O) groups is 3. The number of fused-ring (bicyclic) bond motifs is 1. The van der Waals surface area contributed by atoms with Crippen LogP contribution in [0.2, 0.25) is 19.6 Å². The first-order chi connectivity index (χ1) is 17.4. The van der Waals surface area contributed by atoms with E-state index in [2.05, 4.69) is 4.98 Å². The molecule has 2 aliphatic rings. The molecule has 1 N–H and O–H groups in total. The fourth-order valence-corrected chi connectivity index (χ4v) is 7.07. The molecule has 2 heterocycles. The van der Waals surface area contributed by atoms with Gasteiger partial charge in [-0.25, -0.2) is 13.8 Å². The predicted octanol–water partition coefficient (Wildman–Crippen LogP) is 3.65. The zero-order valence-corrected chi connectivity index (χ0v) is 22.5. The second-order valence-electron chi connectivity index (χ2n) is 11.0. The SMILES string of the molecule is COc1ccc2c(n1)CCN(C(=O)C1CC(CC(=O)O)C1)C2C(=O)Cc1cc(F)c([Si](C)(C)C)c(F)c1. The van der Waals surface area contributed by atoms with Crippen LogP contribution in [-0.4, -0.2) is 54.4 Å². The second-order valence-corrected chi connectivity index (χ2v) is 16.0. The third kappa shape index (κ3) is 5.58. The van der Waals surface area contributed by atoms with E-state index < -0.39 is 31.7 Å². The van der Waals surface area contributed by atoms with Crippen LogP contribution in [0.3, 0.4) is 0 Å². The number of carbonyl (C=O) groups excluding carboxylic acids is 2. The van der Waals surface area contributed by atoms with E-state index in [0.29, 0.717) is 36.4 Å². The van der Waals surface area contributed by atoms with Gasteiger partial charge < -0.3 is 14.7 Å². The molecule has 1 aliphatic carbocycles. The summed E-state index contributed by atoms with van der Waals surface area (Å²) in [6.07, 6.45) is 1.13. The van der Waals surface area contributed by atoms with Gasteiger partial charge in [0.2, 0.25) is 11.8 Å². The van der Waals surface area contributed by atoms with Gasteiger partial charge >= 0.3 is 5.97 Å². The number of hydrogen-bond donors (Lipinski definition) is 1. The molecule has 1 atom stereocenters. The van der Waals surface area contributed by atoms with E-state index in [1.807, 2.05) is 19.6 Å². The van der Waals surface area contributed by atoms with Crippen LogP contribution in [0.1, 0.15) is 42.1 Å². The van der Waals surface area contributed by atoms with Gasteiger partial charge in [-0.3, -0.25) is 14.4 Å². The number of carboxylic acids is 1. The number of rotatable bonds is 8. The molecule has 0 radical (unpaired) electrons. The molecule has 1 aliphatic heterocycles. The Morgan fingerprint density at radius 3 is 2.35 bits per heavy atom. The number of ether oxygens (including phenoxy) is 1. The molecule has 1 amide bonds. The minimum Gasteiger partial charge on any atom is -0.481 e. The maximum Gasteiger partial charge on any atom is 0.303 e. The van der Waals surface area contributed by atoms with E-state index >= 15 is 0 Å². The van der Waals surface area contributed by atoms with E-state index in [0.717, 1.165) is 0 Å². The van der Waals surface area contributed by atoms with Crippen molar-refractivity contribution in [3.63, 3.8) is 0 Å². The second kappa shape index (κ2) is 10.3. The highest BCUT2D eigenvalue weighted by Crippen LogP contribution is 2.40. The lowest BCUT2D eigenvalue weighted by atomic mass is 9.72. The van der Waals surface area contributed by atoms with Gasteiger partial charge in [0.25, 0.3) is 0 Å². The van der Waals surface area contributed by atoms with Crippen molar-refractivity contribution in [1.29, 1.82) is 0 Å². The summed E-state index contributed by atoms with van der Waals surface area (Å²) in [6.45, 7) is 5.82. The number of aromatic nitrogens is 1. The summed E-state index contributed by atoms with van der Waals surface area (Å²) in [5.74, 6) is -2.76. The zero-order chi connectivity index (χ0) is 27.1. The van der Waals surface area contributed by atoms with Crippen LogP contribution < -0.4 is 9.92 Å². The Balaban J connectivity index is 1.62. The number of ketones is 1. The molecule has 1 aromatic heterocycles. The molecule has 2 aromatic rings. The van der Waals surface area contributed by atoms with Crippen molar-refractivity contribution in [3.8, 4) is 5.88 Å². The van der Waals surface area contributed by atoms with E-state index in [9.17, 15) is 23.2 Å². The molecule has 37 heavy (non-hydrogen) atoms. The standard InChI is InChI=1S/C27H32F2N2O5Si/c1-36-23-6-5-18-21(30-23)7-8-31(27(35)17-9-15(10-17)14-24(33)34)25(18)22(32)13-16-11-19(28)26(20(29)12-16)37(2,3)4/h5-6,11-12,15,17,25H,7-10,13-14H2,1-4H3,(H,33,34). The smallest absolute Gasteiger partial charge is 0.303 e. The zero-order valence-electron chi connectivity index (χ0n) is 21.5. The fourth-order valence-electron chi connectivity index (χ4n) is 5.49. The molecule has 4 rings (SSSR count). The number of Topliss-reactive ketones (excluding diaryl/α,β-unsaturated/α-hetero) is 1. The predicted molar refractivity (Wildman–Crippen MR) is 135 cm³/mol. The summed E-state index contributed by atoms with van der Waals surface area (Å²) < 4.78 is 34.9. The van der Waals surface area contributed by atoms with Crippen LogP contribution in [0.4, 0.5) is 8.78 Å². The van der Waals surface area contributed by atoms with Crippen LogP contribution in [0, 0.1) is 23.5 Å². The Morgan fingerprint density at radius 2 is 1.78 bits per heavy atom. The van der Waals surface area contributed by atoms with Crippen LogP contribution in [0.15, 0.2) is 24.3 Å². The van der Waals surface area contributed by atoms with Crippen molar-refractivity contribution in [1.82, 2.24) is 9.88 Å². The molecule has 1 fully saturated rings. The normalized spacial score (nSPS) is 21.1. The van der Waals surface area contributed by atoms with Crippen molar-refractivity contribution >= 4 is 30.9 Å². The summed E-state index contributed by atoms with van der Waals surface area (Å²) in [5.41, 5.74) is 1.44. The number of hydrogen-bond acceptors (Lipinski definition) is 5. The summed E-state index contributed by atoms with van der Waals surface area (Å²) in [6, 6.07) is 4.84. The molecular weight excluding hydrogens is 498 g/mol. The van der Waals surface area contributed by atoms with Crippen molar-refractivity contribution < 1.29 is 33.0 Å². The number of aliphatic carboxylic acids is 1. The molecule has 1 aromatic carbocycles. The quantitative estimate of drug-likeness (QED) is 0.524. The molecule has 198 valence electrons. The van der Waals surface area contributed by atoms with E-state index in [1.54, 1.807) is 12.1 Å². The summed E-state index contributed by atoms with van der Waals surface area (Å²) >= 11 is 0. The third-order valence-electron chi connectivity index (χ3n) is 7.26. The maximum absolute atomic E-state index is 14.9. The topological polar surface area (TPSA) is 96.8 Å². The number of halogens is 2. The number of methoxy groups -OCH3 is 1. The van der Waals surface area contributed by atoms with E-state index in [-0.39, 0.29) is 53.7 Å². The molecule has 10 heteroatoms. The lowest BCUT2D eigenvalue weighted by Crippen LogP contribution is -2.49.